The summed E-state index contributed by atoms with van der Waals surface area (Å²) in [5, 5.41) is 2.91. The van der Waals surface area contributed by atoms with Crippen LogP contribution in [0.1, 0.15) is 71.6 Å². The molecule has 17 heavy (non-hydrogen) atoms. The number of hydrogen-bond acceptors (Lipinski definition) is 1. The average molecular weight is 237 g/mol. The van der Waals surface area contributed by atoms with Crippen molar-refractivity contribution < 1.29 is 4.79 Å². The molecule has 0 saturated carbocycles. The Hall–Kier alpha value is -0.970. The van der Waals surface area contributed by atoms with E-state index in [1.54, 1.807) is 0 Å². The summed E-state index contributed by atoms with van der Waals surface area (Å²) in [5.74, 6) is 2.69. The maximum Gasteiger partial charge on any atom is 0.220 e. The predicted octanol–water partition coefficient (Wildman–Crippen LogP) is 3.66. The van der Waals surface area contributed by atoms with Crippen LogP contribution in [0.3, 0.4) is 0 Å². The second-order valence-corrected chi connectivity index (χ2v) is 4.75. The first-order valence-corrected chi connectivity index (χ1v) is 6.93. The second kappa shape index (κ2) is 11.5. The molecule has 0 aromatic heterocycles. The van der Waals surface area contributed by atoms with Gasteiger partial charge in [-0.15, -0.1) is 12.3 Å². The first kappa shape index (κ1) is 16.0. The Kier molecular flexibility index (Phi) is 10.9. The van der Waals surface area contributed by atoms with Crippen molar-refractivity contribution in [2.75, 3.05) is 0 Å². The SMILES string of the molecule is C#CCC(C)NC(=O)CCCCCCCCC. The van der Waals surface area contributed by atoms with Crippen molar-refractivity contribution in [1.29, 1.82) is 0 Å². The molecule has 0 spiro atoms. The summed E-state index contributed by atoms with van der Waals surface area (Å²) < 4.78 is 0. The Labute approximate surface area is 107 Å². The number of terminal acetylenes is 1. The fourth-order valence-corrected chi connectivity index (χ4v) is 1.82. The van der Waals surface area contributed by atoms with Gasteiger partial charge in [-0.25, -0.2) is 0 Å². The summed E-state index contributed by atoms with van der Waals surface area (Å²) in [5.41, 5.74) is 0. The molecule has 0 bridgehead atoms. The molecular formula is C15H27NO. The van der Waals surface area contributed by atoms with E-state index in [2.05, 4.69) is 18.2 Å². The normalized spacial score (nSPS) is 11.8. The lowest BCUT2D eigenvalue weighted by atomic mass is 10.1. The monoisotopic (exact) mass is 237 g/mol. The van der Waals surface area contributed by atoms with Crippen molar-refractivity contribution in [2.45, 2.75) is 77.7 Å². The lowest BCUT2D eigenvalue weighted by Crippen LogP contribution is -2.31. The van der Waals surface area contributed by atoms with Crippen LogP contribution in [0, 0.1) is 12.3 Å². The summed E-state index contributed by atoms with van der Waals surface area (Å²) in [6.07, 6.45) is 15.1. The standard InChI is InChI=1S/C15H27NO/c1-4-6-7-8-9-10-11-13-15(17)16-14(3)12-5-2/h2,14H,4,6-13H2,1,3H3,(H,16,17). The molecular weight excluding hydrogens is 210 g/mol. The molecule has 0 aliphatic rings. The van der Waals surface area contributed by atoms with E-state index in [1.807, 2.05) is 6.92 Å². The van der Waals surface area contributed by atoms with E-state index in [-0.39, 0.29) is 11.9 Å². The van der Waals surface area contributed by atoms with E-state index in [9.17, 15) is 4.79 Å². The Morgan fingerprint density at radius 2 is 1.76 bits per heavy atom. The highest BCUT2D eigenvalue weighted by molar-refractivity contribution is 5.76. The van der Waals surface area contributed by atoms with E-state index in [0.29, 0.717) is 12.8 Å². The third kappa shape index (κ3) is 11.3. The number of hydrogen-bond donors (Lipinski definition) is 1. The molecule has 0 rings (SSSR count). The van der Waals surface area contributed by atoms with Gasteiger partial charge in [0, 0.05) is 18.9 Å². The minimum absolute atomic E-state index is 0.108. The number of carbonyl (C=O) groups excluding carboxylic acids is 1. The van der Waals surface area contributed by atoms with Crippen LogP contribution >= 0.6 is 0 Å². The lowest BCUT2D eigenvalue weighted by molar-refractivity contribution is -0.121. The Morgan fingerprint density at radius 1 is 1.18 bits per heavy atom. The van der Waals surface area contributed by atoms with Crippen LogP contribution in [0.15, 0.2) is 0 Å². The molecule has 0 aliphatic heterocycles. The smallest absolute Gasteiger partial charge is 0.220 e. The van der Waals surface area contributed by atoms with Gasteiger partial charge in [-0.05, 0) is 13.3 Å². The Balaban J connectivity index is 3.31. The van der Waals surface area contributed by atoms with E-state index < -0.39 is 0 Å². The largest absolute Gasteiger partial charge is 0.353 e. The molecule has 1 atom stereocenters. The molecule has 1 amide bonds. The first-order chi connectivity index (χ1) is 8.20. The summed E-state index contributed by atoms with van der Waals surface area (Å²) >= 11 is 0. The number of rotatable bonds is 10. The zero-order chi connectivity index (χ0) is 12.9. The van der Waals surface area contributed by atoms with Crippen molar-refractivity contribution in [2.24, 2.45) is 0 Å². The summed E-state index contributed by atoms with van der Waals surface area (Å²) in [4.78, 5) is 11.5. The van der Waals surface area contributed by atoms with Crippen LogP contribution in [0.2, 0.25) is 0 Å². The van der Waals surface area contributed by atoms with E-state index >= 15 is 0 Å². The minimum atomic E-state index is 0.108. The van der Waals surface area contributed by atoms with E-state index in [1.165, 1.54) is 38.5 Å². The molecule has 0 aromatic rings. The minimum Gasteiger partial charge on any atom is -0.353 e. The highest BCUT2D eigenvalue weighted by atomic mass is 16.1. The fourth-order valence-electron chi connectivity index (χ4n) is 1.82. The van der Waals surface area contributed by atoms with Gasteiger partial charge in [0.2, 0.25) is 5.91 Å². The zero-order valence-electron chi connectivity index (χ0n) is 11.4. The van der Waals surface area contributed by atoms with Gasteiger partial charge in [0.25, 0.3) is 0 Å². The molecule has 2 nitrogen and oxygen atoms in total. The van der Waals surface area contributed by atoms with Gasteiger partial charge in [-0.2, -0.15) is 0 Å². The van der Waals surface area contributed by atoms with Crippen molar-refractivity contribution >= 4 is 5.91 Å². The average Bonchev–Trinajstić information content (AvgIpc) is 2.28. The van der Waals surface area contributed by atoms with Gasteiger partial charge >= 0.3 is 0 Å². The number of unbranched alkanes of at least 4 members (excludes halogenated alkanes) is 6. The van der Waals surface area contributed by atoms with Gasteiger partial charge in [0.15, 0.2) is 0 Å². The number of amides is 1. The maximum atomic E-state index is 11.5. The topological polar surface area (TPSA) is 29.1 Å². The van der Waals surface area contributed by atoms with Gasteiger partial charge in [0.05, 0.1) is 0 Å². The van der Waals surface area contributed by atoms with Crippen molar-refractivity contribution in [1.82, 2.24) is 5.32 Å². The van der Waals surface area contributed by atoms with Crippen LogP contribution in [-0.2, 0) is 4.79 Å². The molecule has 0 heterocycles. The van der Waals surface area contributed by atoms with Gasteiger partial charge in [-0.1, -0.05) is 45.4 Å². The Bertz CT molecular complexity index is 230. The van der Waals surface area contributed by atoms with Crippen LogP contribution in [0.4, 0.5) is 0 Å². The quantitative estimate of drug-likeness (QED) is 0.456. The third-order valence-corrected chi connectivity index (χ3v) is 2.84. The van der Waals surface area contributed by atoms with Crippen LogP contribution in [0.25, 0.3) is 0 Å². The lowest BCUT2D eigenvalue weighted by Gasteiger charge is -2.10. The Morgan fingerprint density at radius 3 is 2.35 bits per heavy atom. The van der Waals surface area contributed by atoms with Crippen LogP contribution in [0.5, 0.6) is 0 Å². The maximum absolute atomic E-state index is 11.5. The fraction of sp³-hybridized carbons (Fsp3) is 0.800. The predicted molar refractivity (Wildman–Crippen MR) is 73.7 cm³/mol. The number of carbonyl (C=O) groups is 1. The van der Waals surface area contributed by atoms with Gasteiger partial charge < -0.3 is 5.32 Å². The highest BCUT2D eigenvalue weighted by Crippen LogP contribution is 2.08. The molecule has 0 saturated heterocycles. The zero-order valence-corrected chi connectivity index (χ0v) is 11.4. The molecule has 2 heteroatoms. The first-order valence-electron chi connectivity index (χ1n) is 6.93. The molecule has 98 valence electrons. The van der Waals surface area contributed by atoms with Crippen LogP contribution in [-0.4, -0.2) is 11.9 Å². The molecule has 0 aromatic carbocycles. The third-order valence-electron chi connectivity index (χ3n) is 2.84. The second-order valence-electron chi connectivity index (χ2n) is 4.75. The van der Waals surface area contributed by atoms with Crippen molar-refractivity contribution in [3.8, 4) is 12.3 Å². The van der Waals surface area contributed by atoms with Gasteiger partial charge in [0.1, 0.15) is 0 Å². The van der Waals surface area contributed by atoms with Crippen LogP contribution < -0.4 is 5.32 Å². The van der Waals surface area contributed by atoms with E-state index in [4.69, 9.17) is 6.42 Å². The van der Waals surface area contributed by atoms with E-state index in [0.717, 1.165) is 6.42 Å². The molecule has 0 radical (unpaired) electrons. The van der Waals surface area contributed by atoms with Crippen molar-refractivity contribution in [3.63, 3.8) is 0 Å². The molecule has 1 unspecified atom stereocenters. The summed E-state index contributed by atoms with van der Waals surface area (Å²) in [6.45, 7) is 4.17. The highest BCUT2D eigenvalue weighted by Gasteiger charge is 2.05. The number of nitrogens with one attached hydrogen (secondary N) is 1. The molecule has 0 fully saturated rings. The van der Waals surface area contributed by atoms with Crippen molar-refractivity contribution in [3.05, 3.63) is 0 Å². The van der Waals surface area contributed by atoms with Gasteiger partial charge in [-0.3, -0.25) is 4.79 Å². The summed E-state index contributed by atoms with van der Waals surface area (Å²) in [7, 11) is 0. The summed E-state index contributed by atoms with van der Waals surface area (Å²) in [6, 6.07) is 0.108. The molecule has 1 N–H and O–H groups in total. The molecule has 0 aliphatic carbocycles.